The molecule has 0 saturated heterocycles. The summed E-state index contributed by atoms with van der Waals surface area (Å²) < 4.78 is 10.9. The van der Waals surface area contributed by atoms with Crippen molar-refractivity contribution in [3.05, 3.63) is 53.1 Å². The molecule has 2 amide bonds. The minimum absolute atomic E-state index is 0.108. The van der Waals surface area contributed by atoms with Crippen molar-refractivity contribution in [2.45, 2.75) is 65.2 Å². The zero-order valence-corrected chi connectivity index (χ0v) is 19.2. The summed E-state index contributed by atoms with van der Waals surface area (Å²) in [4.78, 5) is 25.3. The maximum absolute atomic E-state index is 12.9. The van der Waals surface area contributed by atoms with Gasteiger partial charge in [0.05, 0.1) is 6.04 Å². The van der Waals surface area contributed by atoms with Crippen LogP contribution in [0.1, 0.15) is 53.5 Å². The molecular weight excluding hydrogens is 404 g/mol. The summed E-state index contributed by atoms with van der Waals surface area (Å²) in [6, 6.07) is 7.13. The lowest BCUT2D eigenvalue weighted by molar-refractivity contribution is -0.0111. The number of carbonyl (C=O) groups excluding carboxylic acids is 2. The van der Waals surface area contributed by atoms with Gasteiger partial charge in [0.25, 0.3) is 0 Å². The van der Waals surface area contributed by atoms with E-state index in [1.54, 1.807) is 41.5 Å². The SMILES string of the molecule is CC(C)(C)OC(=O)NN(C(=O)OC(C)(C)C)[C@@H]1CC=C[C@H]1/C=C/c1ccc(Cl)cc1. The van der Waals surface area contributed by atoms with Gasteiger partial charge in [0.2, 0.25) is 0 Å². The molecule has 30 heavy (non-hydrogen) atoms. The summed E-state index contributed by atoms with van der Waals surface area (Å²) in [6.07, 6.45) is 7.18. The largest absolute Gasteiger partial charge is 0.443 e. The number of hydrogen-bond donors (Lipinski definition) is 1. The van der Waals surface area contributed by atoms with Crippen molar-refractivity contribution in [3.8, 4) is 0 Å². The van der Waals surface area contributed by atoms with Gasteiger partial charge in [-0.25, -0.2) is 20.0 Å². The van der Waals surface area contributed by atoms with Gasteiger partial charge in [-0.3, -0.25) is 0 Å². The van der Waals surface area contributed by atoms with E-state index in [9.17, 15) is 9.59 Å². The molecule has 1 aromatic rings. The minimum Gasteiger partial charge on any atom is -0.443 e. The van der Waals surface area contributed by atoms with Crippen LogP contribution in [-0.2, 0) is 9.47 Å². The molecule has 2 rings (SSSR count). The molecule has 1 aromatic carbocycles. The molecule has 1 aliphatic rings. The van der Waals surface area contributed by atoms with E-state index in [1.807, 2.05) is 48.6 Å². The third-order valence-electron chi connectivity index (χ3n) is 4.09. The highest BCUT2D eigenvalue weighted by molar-refractivity contribution is 6.30. The van der Waals surface area contributed by atoms with Gasteiger partial charge in [0.1, 0.15) is 11.2 Å². The lowest BCUT2D eigenvalue weighted by Crippen LogP contribution is -2.55. The van der Waals surface area contributed by atoms with E-state index in [0.29, 0.717) is 11.4 Å². The first kappa shape index (κ1) is 23.8. The first-order chi connectivity index (χ1) is 13.8. The van der Waals surface area contributed by atoms with Crippen LogP contribution in [-0.4, -0.2) is 34.4 Å². The maximum atomic E-state index is 12.9. The summed E-state index contributed by atoms with van der Waals surface area (Å²) >= 11 is 5.94. The van der Waals surface area contributed by atoms with E-state index < -0.39 is 23.4 Å². The van der Waals surface area contributed by atoms with Gasteiger partial charge in [0, 0.05) is 10.9 Å². The summed E-state index contributed by atoms with van der Waals surface area (Å²) in [6.45, 7) is 10.6. The molecule has 1 aliphatic carbocycles. The van der Waals surface area contributed by atoms with Crippen molar-refractivity contribution >= 4 is 29.9 Å². The van der Waals surface area contributed by atoms with E-state index >= 15 is 0 Å². The average Bonchev–Trinajstić information content (AvgIpc) is 3.04. The third-order valence-corrected chi connectivity index (χ3v) is 4.35. The smallest absolute Gasteiger partial charge is 0.429 e. The van der Waals surface area contributed by atoms with Crippen LogP contribution in [0.5, 0.6) is 0 Å². The number of carbonyl (C=O) groups is 2. The molecule has 0 unspecified atom stereocenters. The van der Waals surface area contributed by atoms with Gasteiger partial charge >= 0.3 is 12.2 Å². The maximum Gasteiger partial charge on any atom is 0.429 e. The van der Waals surface area contributed by atoms with Gasteiger partial charge in [-0.2, -0.15) is 0 Å². The second kappa shape index (κ2) is 9.56. The summed E-state index contributed by atoms with van der Waals surface area (Å²) in [5.41, 5.74) is 2.18. The van der Waals surface area contributed by atoms with Crippen LogP contribution in [0.2, 0.25) is 5.02 Å². The molecule has 0 radical (unpaired) electrons. The van der Waals surface area contributed by atoms with Crippen LogP contribution in [0.25, 0.3) is 6.08 Å². The molecule has 1 N–H and O–H groups in total. The Bertz CT molecular complexity index is 804. The Morgan fingerprint density at radius 1 is 1.07 bits per heavy atom. The number of halogens is 1. The Hall–Kier alpha value is -2.47. The van der Waals surface area contributed by atoms with E-state index in [-0.39, 0.29) is 12.0 Å². The quantitative estimate of drug-likeness (QED) is 0.469. The van der Waals surface area contributed by atoms with Crippen LogP contribution in [0.3, 0.4) is 0 Å². The van der Waals surface area contributed by atoms with Crippen molar-refractivity contribution < 1.29 is 19.1 Å². The number of benzene rings is 1. The predicted octanol–water partition coefficient (Wildman–Crippen LogP) is 5.97. The number of hydrogen-bond acceptors (Lipinski definition) is 4. The highest BCUT2D eigenvalue weighted by Crippen LogP contribution is 2.27. The molecule has 0 saturated carbocycles. The number of nitrogens with zero attached hydrogens (tertiary/aromatic N) is 1. The topological polar surface area (TPSA) is 67.9 Å². The molecule has 0 bridgehead atoms. The molecule has 0 aliphatic heterocycles. The van der Waals surface area contributed by atoms with Crippen LogP contribution < -0.4 is 5.43 Å². The van der Waals surface area contributed by atoms with Gasteiger partial charge in [-0.1, -0.05) is 48.0 Å². The summed E-state index contributed by atoms with van der Waals surface area (Å²) in [7, 11) is 0. The molecule has 6 nitrogen and oxygen atoms in total. The Kier molecular flexibility index (Phi) is 7.59. The van der Waals surface area contributed by atoms with Crippen molar-refractivity contribution in [2.24, 2.45) is 5.92 Å². The van der Waals surface area contributed by atoms with Crippen molar-refractivity contribution in [2.75, 3.05) is 0 Å². The zero-order chi connectivity index (χ0) is 22.5. The number of rotatable bonds is 3. The third kappa shape index (κ3) is 7.75. The van der Waals surface area contributed by atoms with Crippen molar-refractivity contribution in [1.82, 2.24) is 10.4 Å². The van der Waals surface area contributed by atoms with E-state index in [1.165, 1.54) is 5.01 Å². The Balaban J connectivity index is 2.21. The van der Waals surface area contributed by atoms with Crippen LogP contribution in [0, 0.1) is 5.92 Å². The predicted molar refractivity (Wildman–Crippen MR) is 119 cm³/mol. The molecule has 7 heteroatoms. The monoisotopic (exact) mass is 434 g/mol. The molecule has 0 aromatic heterocycles. The second-order valence-corrected chi connectivity index (χ2v) is 9.62. The normalized spacial score (nSPS) is 19.0. The Morgan fingerprint density at radius 3 is 2.23 bits per heavy atom. The van der Waals surface area contributed by atoms with Gasteiger partial charge in [-0.05, 0) is 65.7 Å². The first-order valence-electron chi connectivity index (χ1n) is 9.96. The molecular formula is C23H31ClN2O4. The molecule has 164 valence electrons. The minimum atomic E-state index is -0.708. The standard InChI is InChI=1S/C23H31ClN2O4/c1-22(2,3)29-20(27)25-26(21(28)30-23(4,5)6)19-9-7-8-17(19)13-10-16-11-14-18(24)15-12-16/h7-8,10-15,17,19H,9H2,1-6H3,(H,25,27)/b13-10+/t17-,19+/m0/s1. The number of amides is 2. The van der Waals surface area contributed by atoms with E-state index in [0.717, 1.165) is 5.56 Å². The Morgan fingerprint density at radius 2 is 1.67 bits per heavy atom. The lowest BCUT2D eigenvalue weighted by atomic mass is 10.0. The number of ether oxygens (including phenoxy) is 2. The van der Waals surface area contributed by atoms with E-state index in [4.69, 9.17) is 21.1 Å². The van der Waals surface area contributed by atoms with Crippen LogP contribution >= 0.6 is 11.6 Å². The summed E-state index contributed by atoms with van der Waals surface area (Å²) in [5, 5.41) is 1.90. The average molecular weight is 435 g/mol. The lowest BCUT2D eigenvalue weighted by Gasteiger charge is -2.34. The fraction of sp³-hybridized carbons (Fsp3) is 0.478. The van der Waals surface area contributed by atoms with E-state index in [2.05, 4.69) is 5.43 Å². The zero-order valence-electron chi connectivity index (χ0n) is 18.4. The van der Waals surface area contributed by atoms with Crippen LogP contribution in [0.4, 0.5) is 9.59 Å². The highest BCUT2D eigenvalue weighted by atomic mass is 35.5. The van der Waals surface area contributed by atoms with Gasteiger partial charge < -0.3 is 9.47 Å². The molecule has 0 spiro atoms. The molecule has 0 fully saturated rings. The molecule has 0 heterocycles. The number of hydrazine groups is 1. The summed E-state index contributed by atoms with van der Waals surface area (Å²) in [5.74, 6) is -0.108. The Labute approximate surface area is 183 Å². The number of nitrogens with one attached hydrogen (secondary N) is 1. The van der Waals surface area contributed by atoms with Crippen molar-refractivity contribution in [3.63, 3.8) is 0 Å². The highest BCUT2D eigenvalue weighted by Gasteiger charge is 2.35. The van der Waals surface area contributed by atoms with Gasteiger partial charge in [-0.15, -0.1) is 0 Å². The fourth-order valence-electron chi connectivity index (χ4n) is 2.90. The second-order valence-electron chi connectivity index (χ2n) is 9.18. The van der Waals surface area contributed by atoms with Crippen LogP contribution in [0.15, 0.2) is 42.5 Å². The molecule has 2 atom stereocenters. The van der Waals surface area contributed by atoms with Gasteiger partial charge in [0.15, 0.2) is 0 Å². The fourth-order valence-corrected chi connectivity index (χ4v) is 3.03. The van der Waals surface area contributed by atoms with Crippen molar-refractivity contribution in [1.29, 1.82) is 0 Å². The first-order valence-corrected chi connectivity index (χ1v) is 10.3.